The molecule has 0 bridgehead atoms. The Morgan fingerprint density at radius 3 is 2.64 bits per heavy atom. The predicted molar refractivity (Wildman–Crippen MR) is 103 cm³/mol. The normalized spacial score (nSPS) is 11.0. The second-order valence-corrected chi connectivity index (χ2v) is 6.37. The summed E-state index contributed by atoms with van der Waals surface area (Å²) in [4.78, 5) is 39.1. The van der Waals surface area contributed by atoms with Crippen LogP contribution in [0.1, 0.15) is 12.0 Å². The molecule has 2 aromatic carbocycles. The number of carbonyl (C=O) groups is 2. The number of rotatable bonds is 5. The Bertz CT molecular complexity index is 1220. The number of aryl methyl sites for hydroxylation is 1. The standard InChI is InChI=1S/C20H18N4O4/c25-18(9-10-24-16-7-3-4-8-17(16)28-20(24)27)22-23-19(26)11-13-12-21-15-6-2-1-5-14(13)15/h1-8,12,21H,9-11H2,(H,22,25)(H,23,26). The van der Waals surface area contributed by atoms with Crippen molar-refractivity contribution in [3.05, 3.63) is 70.8 Å². The van der Waals surface area contributed by atoms with E-state index in [2.05, 4.69) is 15.8 Å². The summed E-state index contributed by atoms with van der Waals surface area (Å²) in [6.45, 7) is 0.153. The Hall–Kier alpha value is -3.81. The third kappa shape index (κ3) is 3.52. The Morgan fingerprint density at radius 2 is 1.75 bits per heavy atom. The van der Waals surface area contributed by atoms with Gasteiger partial charge in [-0.05, 0) is 23.8 Å². The van der Waals surface area contributed by atoms with Gasteiger partial charge in [0.1, 0.15) is 0 Å². The lowest BCUT2D eigenvalue weighted by atomic mass is 10.1. The summed E-state index contributed by atoms with van der Waals surface area (Å²) in [7, 11) is 0. The molecule has 142 valence electrons. The zero-order chi connectivity index (χ0) is 19.5. The average molecular weight is 378 g/mol. The van der Waals surface area contributed by atoms with Crippen LogP contribution in [0.4, 0.5) is 0 Å². The predicted octanol–water partition coefficient (Wildman–Crippen LogP) is 1.86. The molecule has 2 amide bonds. The Balaban J connectivity index is 1.31. The number of carbonyl (C=O) groups excluding carboxylic acids is 2. The van der Waals surface area contributed by atoms with E-state index in [1.54, 1.807) is 30.5 Å². The van der Waals surface area contributed by atoms with Crippen LogP contribution in [0.15, 0.2) is 63.9 Å². The minimum absolute atomic E-state index is 0.0246. The first-order valence-corrected chi connectivity index (χ1v) is 8.83. The Kier molecular flexibility index (Phi) is 4.67. The second-order valence-electron chi connectivity index (χ2n) is 6.37. The van der Waals surface area contributed by atoms with E-state index in [0.717, 1.165) is 16.5 Å². The highest BCUT2D eigenvalue weighted by Crippen LogP contribution is 2.17. The van der Waals surface area contributed by atoms with Crippen molar-refractivity contribution >= 4 is 33.8 Å². The first-order valence-electron chi connectivity index (χ1n) is 8.83. The van der Waals surface area contributed by atoms with Crippen LogP contribution in [-0.4, -0.2) is 21.4 Å². The number of hydrogen-bond donors (Lipinski definition) is 3. The summed E-state index contributed by atoms with van der Waals surface area (Å²) in [5, 5.41) is 0.968. The highest BCUT2D eigenvalue weighted by molar-refractivity contribution is 5.89. The molecule has 3 N–H and O–H groups in total. The van der Waals surface area contributed by atoms with Gasteiger partial charge in [0, 0.05) is 30.1 Å². The van der Waals surface area contributed by atoms with Crippen LogP contribution in [0.25, 0.3) is 22.0 Å². The molecule has 28 heavy (non-hydrogen) atoms. The number of amides is 2. The molecule has 0 unspecified atom stereocenters. The van der Waals surface area contributed by atoms with Crippen molar-refractivity contribution in [1.82, 2.24) is 20.4 Å². The van der Waals surface area contributed by atoms with Gasteiger partial charge in [-0.3, -0.25) is 25.0 Å². The third-order valence-electron chi connectivity index (χ3n) is 4.50. The van der Waals surface area contributed by atoms with Gasteiger partial charge in [-0.1, -0.05) is 30.3 Å². The topological polar surface area (TPSA) is 109 Å². The number of H-pyrrole nitrogens is 1. The molecule has 8 nitrogen and oxygen atoms in total. The van der Waals surface area contributed by atoms with Gasteiger partial charge < -0.3 is 9.40 Å². The summed E-state index contributed by atoms with van der Waals surface area (Å²) < 4.78 is 6.52. The molecule has 2 heterocycles. The number of nitrogens with one attached hydrogen (secondary N) is 3. The molecule has 0 aliphatic carbocycles. The van der Waals surface area contributed by atoms with Crippen molar-refractivity contribution in [2.75, 3.05) is 0 Å². The molecule has 0 fully saturated rings. The third-order valence-corrected chi connectivity index (χ3v) is 4.50. The number of aromatic nitrogens is 2. The van der Waals surface area contributed by atoms with Crippen LogP contribution in [-0.2, 0) is 22.6 Å². The number of fused-ring (bicyclic) bond motifs is 2. The molecule has 0 saturated carbocycles. The number of benzene rings is 2. The zero-order valence-corrected chi connectivity index (χ0v) is 14.9. The van der Waals surface area contributed by atoms with Crippen molar-refractivity contribution in [3.63, 3.8) is 0 Å². The number of oxazole rings is 1. The summed E-state index contributed by atoms with van der Waals surface area (Å²) in [6.07, 6.45) is 1.94. The largest absolute Gasteiger partial charge is 0.419 e. The summed E-state index contributed by atoms with van der Waals surface area (Å²) >= 11 is 0. The van der Waals surface area contributed by atoms with E-state index in [9.17, 15) is 14.4 Å². The van der Waals surface area contributed by atoms with E-state index in [1.807, 2.05) is 24.3 Å². The first kappa shape index (κ1) is 17.6. The van der Waals surface area contributed by atoms with Gasteiger partial charge in [0.05, 0.1) is 11.9 Å². The fourth-order valence-corrected chi connectivity index (χ4v) is 3.14. The lowest BCUT2D eigenvalue weighted by Crippen LogP contribution is -2.42. The number of hydrogen-bond acceptors (Lipinski definition) is 4. The van der Waals surface area contributed by atoms with Gasteiger partial charge in [0.15, 0.2) is 5.58 Å². The first-order chi connectivity index (χ1) is 13.6. The van der Waals surface area contributed by atoms with Crippen LogP contribution in [0.3, 0.4) is 0 Å². The average Bonchev–Trinajstić information content (AvgIpc) is 3.25. The maximum absolute atomic E-state index is 12.1. The van der Waals surface area contributed by atoms with Gasteiger partial charge in [0.25, 0.3) is 0 Å². The SMILES string of the molecule is O=C(CCn1c(=O)oc2ccccc21)NNC(=O)Cc1c[nH]c2ccccc12. The molecular formula is C20H18N4O4. The van der Waals surface area contributed by atoms with Gasteiger partial charge in [-0.25, -0.2) is 4.79 Å². The summed E-state index contributed by atoms with van der Waals surface area (Å²) in [5.41, 5.74) is 7.68. The lowest BCUT2D eigenvalue weighted by Gasteiger charge is -2.07. The molecule has 0 aliphatic heterocycles. The summed E-state index contributed by atoms with van der Waals surface area (Å²) in [5.74, 6) is -1.24. The van der Waals surface area contributed by atoms with Crippen LogP contribution < -0.4 is 16.6 Å². The molecule has 8 heteroatoms. The number of hydrazine groups is 1. The van der Waals surface area contributed by atoms with Crippen LogP contribution in [0, 0.1) is 0 Å². The maximum Gasteiger partial charge on any atom is 0.419 e. The maximum atomic E-state index is 12.1. The monoisotopic (exact) mass is 378 g/mol. The van der Waals surface area contributed by atoms with Crippen molar-refractivity contribution in [1.29, 1.82) is 0 Å². The molecule has 0 atom stereocenters. The molecule has 0 saturated heterocycles. The van der Waals surface area contributed by atoms with Crippen LogP contribution in [0.2, 0.25) is 0 Å². The van der Waals surface area contributed by atoms with Crippen molar-refractivity contribution in [3.8, 4) is 0 Å². The molecular weight excluding hydrogens is 360 g/mol. The van der Waals surface area contributed by atoms with Crippen molar-refractivity contribution in [2.24, 2.45) is 0 Å². The smallest absolute Gasteiger partial charge is 0.408 e. The molecule has 4 aromatic rings. The van der Waals surface area contributed by atoms with E-state index in [4.69, 9.17) is 4.42 Å². The van der Waals surface area contributed by atoms with E-state index in [-0.39, 0.29) is 25.3 Å². The fraction of sp³-hybridized carbons (Fsp3) is 0.150. The highest BCUT2D eigenvalue weighted by atomic mass is 16.4. The van der Waals surface area contributed by atoms with Crippen molar-refractivity contribution in [2.45, 2.75) is 19.4 Å². The van der Waals surface area contributed by atoms with E-state index < -0.39 is 11.7 Å². The van der Waals surface area contributed by atoms with E-state index in [1.165, 1.54) is 4.57 Å². The zero-order valence-electron chi connectivity index (χ0n) is 14.9. The van der Waals surface area contributed by atoms with E-state index in [0.29, 0.717) is 11.1 Å². The molecule has 2 aromatic heterocycles. The van der Waals surface area contributed by atoms with Crippen LogP contribution >= 0.6 is 0 Å². The minimum atomic E-state index is -0.516. The quantitative estimate of drug-likeness (QED) is 0.461. The van der Waals surface area contributed by atoms with Gasteiger partial charge in [-0.2, -0.15) is 0 Å². The molecule has 4 rings (SSSR count). The molecule has 0 radical (unpaired) electrons. The fourth-order valence-electron chi connectivity index (χ4n) is 3.14. The van der Waals surface area contributed by atoms with E-state index >= 15 is 0 Å². The number of para-hydroxylation sites is 3. The second kappa shape index (κ2) is 7.43. The van der Waals surface area contributed by atoms with Crippen molar-refractivity contribution < 1.29 is 14.0 Å². The molecule has 0 spiro atoms. The minimum Gasteiger partial charge on any atom is -0.408 e. The van der Waals surface area contributed by atoms with Gasteiger partial charge in [-0.15, -0.1) is 0 Å². The molecule has 0 aliphatic rings. The van der Waals surface area contributed by atoms with Crippen LogP contribution in [0.5, 0.6) is 0 Å². The Morgan fingerprint density at radius 1 is 1.00 bits per heavy atom. The number of aromatic amines is 1. The Labute approximate surface area is 159 Å². The van der Waals surface area contributed by atoms with Gasteiger partial charge in [0.2, 0.25) is 11.8 Å². The van der Waals surface area contributed by atoms with Gasteiger partial charge >= 0.3 is 5.76 Å². The lowest BCUT2D eigenvalue weighted by molar-refractivity contribution is -0.128. The highest BCUT2D eigenvalue weighted by Gasteiger charge is 2.12. The summed E-state index contributed by atoms with van der Waals surface area (Å²) in [6, 6.07) is 14.7. The number of nitrogens with zero attached hydrogens (tertiary/aromatic N) is 1.